The SMILES string of the molecule is O=CO.c1cncc(C2CCCC2)c1. The van der Waals surface area contributed by atoms with E-state index >= 15 is 0 Å². The fourth-order valence-electron chi connectivity index (χ4n) is 1.88. The number of nitrogens with zero attached hydrogens (tertiary/aromatic N) is 1. The third kappa shape index (κ3) is 3.17. The van der Waals surface area contributed by atoms with Gasteiger partial charge in [0.1, 0.15) is 0 Å². The average molecular weight is 193 g/mol. The first-order valence-electron chi connectivity index (χ1n) is 4.86. The van der Waals surface area contributed by atoms with Gasteiger partial charge in [-0.15, -0.1) is 0 Å². The van der Waals surface area contributed by atoms with Crippen molar-refractivity contribution in [3.05, 3.63) is 30.1 Å². The smallest absolute Gasteiger partial charge is 0.290 e. The third-order valence-corrected chi connectivity index (χ3v) is 2.51. The summed E-state index contributed by atoms with van der Waals surface area (Å²) >= 11 is 0. The molecule has 0 aromatic carbocycles. The van der Waals surface area contributed by atoms with E-state index in [1.54, 1.807) is 0 Å². The van der Waals surface area contributed by atoms with Crippen molar-refractivity contribution >= 4 is 6.47 Å². The Morgan fingerprint density at radius 3 is 2.57 bits per heavy atom. The second kappa shape index (κ2) is 6.13. The highest BCUT2D eigenvalue weighted by atomic mass is 16.3. The van der Waals surface area contributed by atoms with Gasteiger partial charge in [0.05, 0.1) is 0 Å². The van der Waals surface area contributed by atoms with Crippen LogP contribution >= 0.6 is 0 Å². The zero-order chi connectivity index (χ0) is 10.2. The van der Waals surface area contributed by atoms with E-state index in [1.807, 2.05) is 18.5 Å². The second-order valence-corrected chi connectivity index (χ2v) is 3.37. The van der Waals surface area contributed by atoms with Gasteiger partial charge in [0.2, 0.25) is 0 Å². The van der Waals surface area contributed by atoms with Crippen LogP contribution in [0.25, 0.3) is 0 Å². The van der Waals surface area contributed by atoms with Crippen LogP contribution in [0.15, 0.2) is 24.5 Å². The van der Waals surface area contributed by atoms with Crippen LogP contribution in [-0.4, -0.2) is 16.6 Å². The van der Waals surface area contributed by atoms with Crippen molar-refractivity contribution in [1.82, 2.24) is 4.98 Å². The van der Waals surface area contributed by atoms with Crippen molar-refractivity contribution in [2.45, 2.75) is 31.6 Å². The van der Waals surface area contributed by atoms with Crippen molar-refractivity contribution in [1.29, 1.82) is 0 Å². The molecule has 0 spiro atoms. The quantitative estimate of drug-likeness (QED) is 0.697. The highest BCUT2D eigenvalue weighted by Gasteiger charge is 2.16. The molecule has 3 heteroatoms. The lowest BCUT2D eigenvalue weighted by Gasteiger charge is -2.06. The first-order valence-corrected chi connectivity index (χ1v) is 4.86. The summed E-state index contributed by atoms with van der Waals surface area (Å²) in [5.74, 6) is 0.809. The zero-order valence-corrected chi connectivity index (χ0v) is 8.10. The van der Waals surface area contributed by atoms with Crippen LogP contribution < -0.4 is 0 Å². The van der Waals surface area contributed by atoms with Gasteiger partial charge in [-0.1, -0.05) is 18.9 Å². The lowest BCUT2D eigenvalue weighted by molar-refractivity contribution is -0.122. The Kier molecular flexibility index (Phi) is 4.69. The van der Waals surface area contributed by atoms with E-state index in [1.165, 1.54) is 31.2 Å². The van der Waals surface area contributed by atoms with E-state index in [0.29, 0.717) is 0 Å². The minimum absolute atomic E-state index is 0.250. The third-order valence-electron chi connectivity index (χ3n) is 2.51. The zero-order valence-electron chi connectivity index (χ0n) is 8.10. The normalized spacial score (nSPS) is 15.7. The number of rotatable bonds is 1. The van der Waals surface area contributed by atoms with Crippen LogP contribution in [0.5, 0.6) is 0 Å². The van der Waals surface area contributed by atoms with Crippen molar-refractivity contribution in [3.8, 4) is 0 Å². The summed E-state index contributed by atoms with van der Waals surface area (Å²) in [5, 5.41) is 6.89. The molecule has 0 aliphatic heterocycles. The van der Waals surface area contributed by atoms with Gasteiger partial charge in [-0.2, -0.15) is 0 Å². The molecule has 76 valence electrons. The topological polar surface area (TPSA) is 50.2 Å². The maximum atomic E-state index is 8.36. The molecule has 0 amide bonds. The summed E-state index contributed by atoms with van der Waals surface area (Å²) in [7, 11) is 0. The summed E-state index contributed by atoms with van der Waals surface area (Å²) in [5.41, 5.74) is 1.44. The number of carboxylic acid groups (broad SMARTS) is 1. The summed E-state index contributed by atoms with van der Waals surface area (Å²) in [4.78, 5) is 12.5. The standard InChI is InChI=1S/C10H13N.CH2O2/c1-2-5-9(4-1)10-6-3-7-11-8-10;2-1-3/h3,6-9H,1-2,4-5H2;1H,(H,2,3). The van der Waals surface area contributed by atoms with Gasteiger partial charge in [0.25, 0.3) is 6.47 Å². The van der Waals surface area contributed by atoms with Gasteiger partial charge in [-0.05, 0) is 30.4 Å². The predicted molar refractivity (Wildman–Crippen MR) is 54.1 cm³/mol. The minimum Gasteiger partial charge on any atom is -0.483 e. The average Bonchev–Trinajstić information content (AvgIpc) is 2.73. The molecule has 1 aliphatic carbocycles. The Morgan fingerprint density at radius 2 is 2.07 bits per heavy atom. The molecular weight excluding hydrogens is 178 g/mol. The Labute approximate surface area is 83.8 Å². The second-order valence-electron chi connectivity index (χ2n) is 3.37. The van der Waals surface area contributed by atoms with Gasteiger partial charge in [0, 0.05) is 12.4 Å². The van der Waals surface area contributed by atoms with Crippen LogP contribution in [0, 0.1) is 0 Å². The molecule has 0 unspecified atom stereocenters. The first-order chi connectivity index (χ1) is 6.88. The molecule has 1 heterocycles. The molecule has 1 aliphatic rings. The van der Waals surface area contributed by atoms with Gasteiger partial charge >= 0.3 is 0 Å². The Morgan fingerprint density at radius 1 is 1.43 bits per heavy atom. The number of carbonyl (C=O) groups is 1. The molecule has 1 aromatic heterocycles. The van der Waals surface area contributed by atoms with Crippen LogP contribution in [0.3, 0.4) is 0 Å². The molecular formula is C11H15NO2. The highest BCUT2D eigenvalue weighted by Crippen LogP contribution is 2.33. The van der Waals surface area contributed by atoms with E-state index in [2.05, 4.69) is 11.1 Å². The highest BCUT2D eigenvalue weighted by molar-refractivity contribution is 5.32. The lowest BCUT2D eigenvalue weighted by Crippen LogP contribution is -1.91. The van der Waals surface area contributed by atoms with Gasteiger partial charge in [-0.3, -0.25) is 9.78 Å². The lowest BCUT2D eigenvalue weighted by atomic mass is 10.00. The molecule has 0 saturated heterocycles. The van der Waals surface area contributed by atoms with Crippen LogP contribution in [0.2, 0.25) is 0 Å². The molecule has 1 N–H and O–H groups in total. The summed E-state index contributed by atoms with van der Waals surface area (Å²) in [6, 6.07) is 4.23. The number of aromatic nitrogens is 1. The molecule has 2 rings (SSSR count). The molecule has 14 heavy (non-hydrogen) atoms. The molecule has 1 fully saturated rings. The molecule has 0 bridgehead atoms. The van der Waals surface area contributed by atoms with E-state index in [0.717, 1.165) is 5.92 Å². The Hall–Kier alpha value is -1.38. The Bertz CT molecular complexity index is 255. The van der Waals surface area contributed by atoms with Crippen LogP contribution in [0.4, 0.5) is 0 Å². The van der Waals surface area contributed by atoms with E-state index in [9.17, 15) is 0 Å². The monoisotopic (exact) mass is 193 g/mol. The first kappa shape index (κ1) is 10.7. The molecule has 1 saturated carbocycles. The number of hydrogen-bond acceptors (Lipinski definition) is 2. The minimum atomic E-state index is -0.250. The van der Waals surface area contributed by atoms with Crippen LogP contribution in [0.1, 0.15) is 37.2 Å². The van der Waals surface area contributed by atoms with Crippen molar-refractivity contribution < 1.29 is 9.90 Å². The van der Waals surface area contributed by atoms with E-state index in [4.69, 9.17) is 9.90 Å². The summed E-state index contributed by atoms with van der Waals surface area (Å²) in [6.07, 6.45) is 9.39. The van der Waals surface area contributed by atoms with Gasteiger partial charge in [-0.25, -0.2) is 0 Å². The number of hydrogen-bond donors (Lipinski definition) is 1. The summed E-state index contributed by atoms with van der Waals surface area (Å²) in [6.45, 7) is -0.250. The maximum absolute atomic E-state index is 8.36. The summed E-state index contributed by atoms with van der Waals surface area (Å²) < 4.78 is 0. The molecule has 0 atom stereocenters. The molecule has 3 nitrogen and oxygen atoms in total. The van der Waals surface area contributed by atoms with Crippen molar-refractivity contribution in [2.75, 3.05) is 0 Å². The van der Waals surface area contributed by atoms with Crippen molar-refractivity contribution in [2.24, 2.45) is 0 Å². The molecule has 0 radical (unpaired) electrons. The molecule has 1 aromatic rings. The van der Waals surface area contributed by atoms with Crippen molar-refractivity contribution in [3.63, 3.8) is 0 Å². The van der Waals surface area contributed by atoms with Gasteiger partial charge < -0.3 is 5.11 Å². The fraction of sp³-hybridized carbons (Fsp3) is 0.455. The Balaban J connectivity index is 0.000000293. The fourth-order valence-corrected chi connectivity index (χ4v) is 1.88. The van der Waals surface area contributed by atoms with E-state index < -0.39 is 0 Å². The largest absolute Gasteiger partial charge is 0.483 e. The predicted octanol–water partition coefficient (Wildman–Crippen LogP) is 2.44. The van der Waals surface area contributed by atoms with Crippen LogP contribution in [-0.2, 0) is 4.79 Å². The van der Waals surface area contributed by atoms with E-state index in [-0.39, 0.29) is 6.47 Å². The maximum Gasteiger partial charge on any atom is 0.290 e. The number of pyridine rings is 1. The van der Waals surface area contributed by atoms with Gasteiger partial charge in [0.15, 0.2) is 0 Å².